The second-order valence-corrected chi connectivity index (χ2v) is 13.0. The summed E-state index contributed by atoms with van der Waals surface area (Å²) in [5, 5.41) is 7.05. The summed E-state index contributed by atoms with van der Waals surface area (Å²) in [6, 6.07) is 17.9. The molecule has 2 aromatic rings. The van der Waals surface area contributed by atoms with Gasteiger partial charge in [0.1, 0.15) is 0 Å². The molecule has 3 heterocycles. The monoisotopic (exact) mass is 512 g/mol. The van der Waals surface area contributed by atoms with Crippen molar-refractivity contribution in [3.05, 3.63) is 65.7 Å². The van der Waals surface area contributed by atoms with E-state index in [1.54, 1.807) is 12.1 Å². The van der Waals surface area contributed by atoms with Crippen LogP contribution in [0.5, 0.6) is 0 Å². The number of nitrogens with one attached hydrogen (secondary N) is 2. The maximum atomic E-state index is 12.6. The molecule has 5 rings (SSSR count). The Morgan fingerprint density at radius 1 is 1.03 bits per heavy atom. The van der Waals surface area contributed by atoms with Crippen molar-refractivity contribution in [3.63, 3.8) is 0 Å². The van der Waals surface area contributed by atoms with Crippen LogP contribution in [0.4, 0.5) is 5.69 Å². The maximum absolute atomic E-state index is 12.6. The van der Waals surface area contributed by atoms with Crippen molar-refractivity contribution < 1.29 is 13.2 Å². The predicted octanol–water partition coefficient (Wildman–Crippen LogP) is 3.05. The van der Waals surface area contributed by atoms with Crippen molar-refractivity contribution >= 4 is 38.4 Å². The summed E-state index contributed by atoms with van der Waals surface area (Å²) in [5.41, 5.74) is 2.89. The van der Waals surface area contributed by atoms with Crippen molar-refractivity contribution in [1.82, 2.24) is 10.2 Å². The summed E-state index contributed by atoms with van der Waals surface area (Å²) in [6.07, 6.45) is 3.57. The minimum Gasteiger partial charge on any atom is -0.351 e. The van der Waals surface area contributed by atoms with Crippen LogP contribution in [0.25, 0.3) is 0 Å². The first kappa shape index (κ1) is 24.3. The summed E-state index contributed by atoms with van der Waals surface area (Å²) in [6.45, 7) is 3.69. The van der Waals surface area contributed by atoms with Crippen LogP contribution >= 0.6 is 11.8 Å². The number of carbonyl (C=O) groups excluding carboxylic acids is 1. The highest BCUT2D eigenvalue weighted by molar-refractivity contribution is 8.15. The van der Waals surface area contributed by atoms with Crippen LogP contribution in [0.1, 0.15) is 28.8 Å². The first-order valence-corrected chi connectivity index (χ1v) is 15.0. The zero-order chi connectivity index (χ0) is 24.3. The average molecular weight is 513 g/mol. The summed E-state index contributed by atoms with van der Waals surface area (Å²) in [4.78, 5) is 19.5. The highest BCUT2D eigenvalue weighted by Gasteiger charge is 2.42. The molecule has 2 atom stereocenters. The van der Waals surface area contributed by atoms with Gasteiger partial charge in [0.2, 0.25) is 0 Å². The highest BCUT2D eigenvalue weighted by atomic mass is 32.2. The Balaban J connectivity index is 1.02. The molecule has 7 nitrogen and oxygen atoms in total. The molecule has 0 spiro atoms. The number of sulfone groups is 1. The average Bonchev–Trinajstić information content (AvgIpc) is 3.33. The molecule has 186 valence electrons. The molecule has 3 aliphatic heterocycles. The molecule has 35 heavy (non-hydrogen) atoms. The summed E-state index contributed by atoms with van der Waals surface area (Å²) in [5.74, 6) is 1.02. The number of rotatable bonds is 7. The summed E-state index contributed by atoms with van der Waals surface area (Å²) < 4.78 is 23.4. The number of aliphatic imine (C=N–C) groups is 1. The van der Waals surface area contributed by atoms with Crippen LogP contribution in [-0.2, 0) is 16.3 Å². The van der Waals surface area contributed by atoms with Gasteiger partial charge in [0.05, 0.1) is 17.5 Å². The van der Waals surface area contributed by atoms with E-state index in [1.807, 2.05) is 12.1 Å². The lowest BCUT2D eigenvalue weighted by atomic mass is 9.90. The van der Waals surface area contributed by atoms with Gasteiger partial charge in [-0.15, -0.1) is 0 Å². The molecule has 1 amide bonds. The smallest absolute Gasteiger partial charge is 0.251 e. The highest BCUT2D eigenvalue weighted by Crippen LogP contribution is 2.34. The molecule has 0 aliphatic carbocycles. The van der Waals surface area contributed by atoms with E-state index < -0.39 is 9.84 Å². The third-order valence-corrected chi connectivity index (χ3v) is 10.1. The fourth-order valence-corrected chi connectivity index (χ4v) is 8.71. The minimum absolute atomic E-state index is 0.0159. The van der Waals surface area contributed by atoms with Gasteiger partial charge in [-0.25, -0.2) is 8.42 Å². The molecule has 9 heteroatoms. The van der Waals surface area contributed by atoms with Crippen LogP contribution in [-0.4, -0.2) is 73.4 Å². The molecule has 3 aliphatic rings. The number of anilines is 1. The molecule has 2 saturated heterocycles. The van der Waals surface area contributed by atoms with Crippen LogP contribution in [0, 0.1) is 5.92 Å². The van der Waals surface area contributed by atoms with Gasteiger partial charge in [0, 0.05) is 29.6 Å². The number of thioether (sulfide) groups is 1. The van der Waals surface area contributed by atoms with Gasteiger partial charge in [-0.1, -0.05) is 42.1 Å². The number of benzene rings is 2. The largest absolute Gasteiger partial charge is 0.351 e. The number of fused-ring (bicyclic) bond motifs is 1. The molecule has 0 bridgehead atoms. The van der Waals surface area contributed by atoms with Crippen molar-refractivity contribution in [2.24, 2.45) is 10.9 Å². The standard InChI is InChI=1S/C26H32N4O3S2/c31-25(27-12-15-30-13-10-20(11-14-30)16-19-4-2-1-3-5-19)21-6-8-22(9-7-21)28-26-29-23-17-35(32,33)18-24(23)34-26/h1-9,20,23-24H,10-18H2,(H,27,31)(H,28,29)/t23-,24-/m0/s1. The third-order valence-electron chi connectivity index (χ3n) is 7.00. The Kier molecular flexibility index (Phi) is 7.45. The van der Waals surface area contributed by atoms with E-state index in [4.69, 9.17) is 0 Å². The van der Waals surface area contributed by atoms with Gasteiger partial charge >= 0.3 is 0 Å². The van der Waals surface area contributed by atoms with Gasteiger partial charge in [0.15, 0.2) is 15.0 Å². The summed E-state index contributed by atoms with van der Waals surface area (Å²) in [7, 11) is -2.95. The Morgan fingerprint density at radius 3 is 2.49 bits per heavy atom. The molecule has 0 saturated carbocycles. The van der Waals surface area contributed by atoms with E-state index in [9.17, 15) is 13.2 Å². The number of amides is 1. The zero-order valence-corrected chi connectivity index (χ0v) is 21.4. The van der Waals surface area contributed by atoms with Crippen molar-refractivity contribution in [2.75, 3.05) is 43.0 Å². The van der Waals surface area contributed by atoms with Crippen LogP contribution in [0.15, 0.2) is 59.6 Å². The second-order valence-electron chi connectivity index (χ2n) is 9.67. The number of piperidine rings is 1. The summed E-state index contributed by atoms with van der Waals surface area (Å²) >= 11 is 1.49. The van der Waals surface area contributed by atoms with Crippen LogP contribution in [0.2, 0.25) is 0 Å². The third kappa shape index (κ3) is 6.45. The number of hydrogen-bond donors (Lipinski definition) is 2. The second kappa shape index (κ2) is 10.7. The Labute approximate surface area is 211 Å². The van der Waals surface area contributed by atoms with Gasteiger partial charge in [-0.05, 0) is 68.1 Å². The number of nitrogens with zero attached hydrogens (tertiary/aromatic N) is 2. The van der Waals surface area contributed by atoms with Gasteiger partial charge in [-0.3, -0.25) is 9.79 Å². The topological polar surface area (TPSA) is 90.9 Å². The number of hydrogen-bond acceptors (Lipinski definition) is 7. The zero-order valence-electron chi connectivity index (χ0n) is 19.7. The Bertz CT molecular complexity index is 1160. The normalized spacial score (nSPS) is 24.1. The van der Waals surface area contributed by atoms with E-state index in [0.717, 1.165) is 42.8 Å². The molecule has 2 aromatic carbocycles. The molecular weight excluding hydrogens is 480 g/mol. The molecular formula is C26H32N4O3S2. The van der Waals surface area contributed by atoms with Crippen LogP contribution < -0.4 is 10.6 Å². The quantitative estimate of drug-likeness (QED) is 0.593. The lowest BCUT2D eigenvalue weighted by Gasteiger charge is -2.32. The minimum atomic E-state index is -2.95. The van der Waals surface area contributed by atoms with Crippen molar-refractivity contribution in [1.29, 1.82) is 0 Å². The number of carbonyl (C=O) groups is 1. The fraction of sp³-hybridized carbons (Fsp3) is 0.462. The van der Waals surface area contributed by atoms with E-state index in [-0.39, 0.29) is 28.7 Å². The lowest BCUT2D eigenvalue weighted by molar-refractivity contribution is 0.0944. The van der Waals surface area contributed by atoms with E-state index in [2.05, 4.69) is 50.9 Å². The first-order chi connectivity index (χ1) is 16.9. The van der Waals surface area contributed by atoms with E-state index >= 15 is 0 Å². The van der Waals surface area contributed by atoms with Crippen molar-refractivity contribution in [2.45, 2.75) is 30.6 Å². The van der Waals surface area contributed by atoms with Crippen molar-refractivity contribution in [3.8, 4) is 0 Å². The number of likely N-dealkylation sites (tertiary alicyclic amines) is 1. The molecule has 0 radical (unpaired) electrons. The molecule has 0 unspecified atom stereocenters. The van der Waals surface area contributed by atoms with Gasteiger partial charge < -0.3 is 15.5 Å². The molecule has 2 N–H and O–H groups in total. The SMILES string of the molecule is O=C(NCCN1CCC(Cc2ccccc2)CC1)c1ccc(NC2=N[C@H]3CS(=O)(=O)C[C@@H]3S2)cc1. The first-order valence-electron chi connectivity index (χ1n) is 12.3. The van der Waals surface area contributed by atoms with E-state index in [1.165, 1.54) is 30.2 Å². The molecule has 2 fully saturated rings. The Morgan fingerprint density at radius 2 is 1.77 bits per heavy atom. The van der Waals surface area contributed by atoms with Gasteiger partial charge in [0.25, 0.3) is 5.91 Å². The molecule has 0 aromatic heterocycles. The predicted molar refractivity (Wildman–Crippen MR) is 143 cm³/mol. The van der Waals surface area contributed by atoms with Gasteiger partial charge in [-0.2, -0.15) is 0 Å². The maximum Gasteiger partial charge on any atom is 0.251 e. The van der Waals surface area contributed by atoms with E-state index in [0.29, 0.717) is 12.1 Å². The fourth-order valence-electron chi connectivity index (χ4n) is 5.04. The van der Waals surface area contributed by atoms with Crippen LogP contribution in [0.3, 0.4) is 0 Å². The Hall–Kier alpha value is -2.36. The number of amidine groups is 1. The lowest BCUT2D eigenvalue weighted by Crippen LogP contribution is -2.39.